The summed E-state index contributed by atoms with van der Waals surface area (Å²) in [5.41, 5.74) is 1.48. The lowest BCUT2D eigenvalue weighted by atomic mass is 10.0. The predicted octanol–water partition coefficient (Wildman–Crippen LogP) is 4.19. The molecule has 0 spiro atoms. The summed E-state index contributed by atoms with van der Waals surface area (Å²) < 4.78 is 6.02. The Kier molecular flexibility index (Phi) is 4.27. The summed E-state index contributed by atoms with van der Waals surface area (Å²) in [7, 11) is 1.59. The van der Waals surface area contributed by atoms with Gasteiger partial charge < -0.3 is 9.84 Å². The third-order valence-electron chi connectivity index (χ3n) is 2.69. The molecule has 1 atom stereocenters. The van der Waals surface area contributed by atoms with Crippen LogP contribution < -0.4 is 4.74 Å². The molecule has 2 aromatic carbocycles. The molecule has 1 N–H and O–H groups in total. The molecule has 0 saturated carbocycles. The number of halogens is 2. The number of hydrogen-bond donors (Lipinski definition) is 1. The van der Waals surface area contributed by atoms with Crippen LogP contribution in [0.25, 0.3) is 0 Å². The summed E-state index contributed by atoms with van der Waals surface area (Å²) in [6, 6.07) is 12.7. The number of rotatable bonds is 3. The molecule has 0 aliphatic heterocycles. The van der Waals surface area contributed by atoms with Crippen LogP contribution >= 0.6 is 27.5 Å². The topological polar surface area (TPSA) is 29.5 Å². The van der Waals surface area contributed by atoms with Crippen LogP contribution in [-0.2, 0) is 0 Å². The fourth-order valence-electron chi connectivity index (χ4n) is 1.78. The van der Waals surface area contributed by atoms with E-state index in [1.165, 1.54) is 0 Å². The summed E-state index contributed by atoms with van der Waals surface area (Å²) in [6.07, 6.45) is -0.757. The molecular formula is C14H12BrClO2. The van der Waals surface area contributed by atoms with E-state index in [0.717, 1.165) is 15.6 Å². The first-order chi connectivity index (χ1) is 8.63. The summed E-state index contributed by atoms with van der Waals surface area (Å²) in [4.78, 5) is 0. The van der Waals surface area contributed by atoms with E-state index in [1.54, 1.807) is 25.3 Å². The number of para-hydroxylation sites is 1. The van der Waals surface area contributed by atoms with Crippen molar-refractivity contribution in [3.05, 3.63) is 63.1 Å². The summed E-state index contributed by atoms with van der Waals surface area (Å²) in [5, 5.41) is 11.0. The Morgan fingerprint density at radius 3 is 2.56 bits per heavy atom. The standard InChI is InChI=1S/C14H12BrClO2/c1-18-13-5-3-2-4-11(13)14(17)10-7-6-9(16)8-12(10)15/h2-8,14,17H,1H3. The number of hydrogen-bond acceptors (Lipinski definition) is 2. The maximum atomic E-state index is 10.4. The Bertz CT molecular complexity index is 557. The van der Waals surface area contributed by atoms with Gasteiger partial charge in [-0.05, 0) is 23.8 Å². The maximum Gasteiger partial charge on any atom is 0.125 e. The average Bonchev–Trinajstić information content (AvgIpc) is 2.38. The Hall–Kier alpha value is -1.03. The SMILES string of the molecule is COc1ccccc1C(O)c1ccc(Cl)cc1Br. The van der Waals surface area contributed by atoms with Crippen molar-refractivity contribution >= 4 is 27.5 Å². The van der Waals surface area contributed by atoms with Gasteiger partial charge >= 0.3 is 0 Å². The Balaban J connectivity index is 2.44. The van der Waals surface area contributed by atoms with Crippen LogP contribution in [-0.4, -0.2) is 12.2 Å². The van der Waals surface area contributed by atoms with Crippen LogP contribution in [0.3, 0.4) is 0 Å². The van der Waals surface area contributed by atoms with Gasteiger partial charge in [-0.15, -0.1) is 0 Å². The first kappa shape index (κ1) is 13.4. The zero-order chi connectivity index (χ0) is 13.1. The van der Waals surface area contributed by atoms with E-state index < -0.39 is 6.10 Å². The third-order valence-corrected chi connectivity index (χ3v) is 3.61. The zero-order valence-electron chi connectivity index (χ0n) is 9.73. The third kappa shape index (κ3) is 2.69. The van der Waals surface area contributed by atoms with Crippen LogP contribution in [0.2, 0.25) is 5.02 Å². The van der Waals surface area contributed by atoms with Crippen LogP contribution in [0, 0.1) is 0 Å². The van der Waals surface area contributed by atoms with Crippen molar-refractivity contribution in [1.82, 2.24) is 0 Å². The quantitative estimate of drug-likeness (QED) is 0.916. The highest BCUT2D eigenvalue weighted by Crippen LogP contribution is 2.34. The van der Waals surface area contributed by atoms with E-state index >= 15 is 0 Å². The number of methoxy groups -OCH3 is 1. The number of aliphatic hydroxyl groups excluding tert-OH is 1. The lowest BCUT2D eigenvalue weighted by Gasteiger charge is -2.16. The molecule has 0 radical (unpaired) electrons. The number of benzene rings is 2. The van der Waals surface area contributed by atoms with E-state index in [1.807, 2.05) is 24.3 Å². The van der Waals surface area contributed by atoms with E-state index in [4.69, 9.17) is 16.3 Å². The van der Waals surface area contributed by atoms with Gasteiger partial charge in [0.25, 0.3) is 0 Å². The Morgan fingerprint density at radius 2 is 1.89 bits per heavy atom. The lowest BCUT2D eigenvalue weighted by Crippen LogP contribution is -2.03. The second-order valence-electron chi connectivity index (χ2n) is 3.81. The smallest absolute Gasteiger partial charge is 0.125 e. The van der Waals surface area contributed by atoms with Gasteiger partial charge in [0.15, 0.2) is 0 Å². The Morgan fingerprint density at radius 1 is 1.17 bits per heavy atom. The first-order valence-electron chi connectivity index (χ1n) is 5.39. The molecule has 4 heteroatoms. The van der Waals surface area contributed by atoms with Crippen molar-refractivity contribution < 1.29 is 9.84 Å². The van der Waals surface area contributed by atoms with Crippen LogP contribution in [0.15, 0.2) is 46.9 Å². The highest BCUT2D eigenvalue weighted by atomic mass is 79.9. The summed E-state index contributed by atoms with van der Waals surface area (Å²) in [6.45, 7) is 0. The molecule has 0 aliphatic rings. The van der Waals surface area contributed by atoms with E-state index in [2.05, 4.69) is 15.9 Å². The molecule has 0 aromatic heterocycles. The van der Waals surface area contributed by atoms with Gasteiger partial charge in [0.2, 0.25) is 0 Å². The average molecular weight is 328 g/mol. The van der Waals surface area contributed by atoms with Crippen molar-refractivity contribution in [3.8, 4) is 5.75 Å². The molecule has 0 aliphatic carbocycles. The monoisotopic (exact) mass is 326 g/mol. The lowest BCUT2D eigenvalue weighted by molar-refractivity contribution is 0.214. The van der Waals surface area contributed by atoms with E-state index in [0.29, 0.717) is 10.8 Å². The van der Waals surface area contributed by atoms with Gasteiger partial charge in [0.05, 0.1) is 7.11 Å². The van der Waals surface area contributed by atoms with Crippen molar-refractivity contribution in [2.75, 3.05) is 7.11 Å². The van der Waals surface area contributed by atoms with Crippen LogP contribution in [0.1, 0.15) is 17.2 Å². The number of aliphatic hydroxyl groups is 1. The van der Waals surface area contributed by atoms with E-state index in [9.17, 15) is 5.11 Å². The fraction of sp³-hybridized carbons (Fsp3) is 0.143. The molecule has 94 valence electrons. The summed E-state index contributed by atoms with van der Waals surface area (Å²) >= 11 is 9.30. The number of ether oxygens (including phenoxy) is 1. The minimum atomic E-state index is -0.757. The van der Waals surface area contributed by atoms with Crippen molar-refractivity contribution in [3.63, 3.8) is 0 Å². The summed E-state index contributed by atoms with van der Waals surface area (Å²) in [5.74, 6) is 0.659. The highest BCUT2D eigenvalue weighted by molar-refractivity contribution is 9.10. The Labute approximate surface area is 119 Å². The highest BCUT2D eigenvalue weighted by Gasteiger charge is 2.17. The second kappa shape index (κ2) is 5.74. The second-order valence-corrected chi connectivity index (χ2v) is 5.10. The molecule has 0 heterocycles. The maximum absolute atomic E-state index is 10.4. The normalized spacial score (nSPS) is 12.2. The van der Waals surface area contributed by atoms with Gasteiger partial charge in [-0.1, -0.05) is 51.8 Å². The predicted molar refractivity (Wildman–Crippen MR) is 76.2 cm³/mol. The van der Waals surface area contributed by atoms with Crippen molar-refractivity contribution in [1.29, 1.82) is 0 Å². The minimum Gasteiger partial charge on any atom is -0.496 e. The minimum absolute atomic E-state index is 0.623. The van der Waals surface area contributed by atoms with Crippen LogP contribution in [0.4, 0.5) is 0 Å². The largest absolute Gasteiger partial charge is 0.496 e. The van der Waals surface area contributed by atoms with Gasteiger partial charge in [-0.2, -0.15) is 0 Å². The zero-order valence-corrected chi connectivity index (χ0v) is 12.1. The molecule has 0 bridgehead atoms. The molecule has 0 amide bonds. The molecule has 2 nitrogen and oxygen atoms in total. The van der Waals surface area contributed by atoms with Gasteiger partial charge in [0.1, 0.15) is 11.9 Å². The molecular weight excluding hydrogens is 316 g/mol. The van der Waals surface area contributed by atoms with Gasteiger partial charge in [0, 0.05) is 15.1 Å². The molecule has 1 unspecified atom stereocenters. The van der Waals surface area contributed by atoms with Crippen LogP contribution in [0.5, 0.6) is 5.75 Å². The van der Waals surface area contributed by atoms with Gasteiger partial charge in [-0.3, -0.25) is 0 Å². The molecule has 18 heavy (non-hydrogen) atoms. The first-order valence-corrected chi connectivity index (χ1v) is 6.56. The molecule has 2 aromatic rings. The van der Waals surface area contributed by atoms with E-state index in [-0.39, 0.29) is 0 Å². The molecule has 0 saturated heterocycles. The van der Waals surface area contributed by atoms with Crippen molar-refractivity contribution in [2.45, 2.75) is 6.10 Å². The van der Waals surface area contributed by atoms with Crippen molar-refractivity contribution in [2.24, 2.45) is 0 Å². The molecule has 0 fully saturated rings. The van der Waals surface area contributed by atoms with Gasteiger partial charge in [-0.25, -0.2) is 0 Å². The molecule has 2 rings (SSSR count). The fourth-order valence-corrected chi connectivity index (χ4v) is 2.68.